The average Bonchev–Trinajstić information content (AvgIpc) is 2.66. The van der Waals surface area contributed by atoms with Crippen LogP contribution >= 0.6 is 0 Å². The van der Waals surface area contributed by atoms with Gasteiger partial charge in [0.1, 0.15) is 0 Å². The van der Waals surface area contributed by atoms with Crippen molar-refractivity contribution in [3.63, 3.8) is 0 Å². The quantitative estimate of drug-likeness (QED) is 0.885. The van der Waals surface area contributed by atoms with Crippen LogP contribution in [0.4, 0.5) is 0 Å². The van der Waals surface area contributed by atoms with Crippen LogP contribution in [0, 0.1) is 0 Å². The van der Waals surface area contributed by atoms with Gasteiger partial charge in [-0.3, -0.25) is 0 Å². The van der Waals surface area contributed by atoms with Crippen molar-refractivity contribution < 1.29 is 0 Å². The molecule has 1 aromatic rings. The minimum Gasteiger partial charge on any atom is -0.332 e. The first-order valence-electron chi connectivity index (χ1n) is 7.24. The van der Waals surface area contributed by atoms with Crippen molar-refractivity contribution in [1.82, 2.24) is 19.8 Å². The van der Waals surface area contributed by atoms with Gasteiger partial charge in [0.2, 0.25) is 0 Å². The van der Waals surface area contributed by atoms with Crippen molar-refractivity contribution in [2.24, 2.45) is 0 Å². The molecule has 0 atom stereocenters. The number of nitrogens with one attached hydrogen (secondary N) is 1. The molecule has 0 aromatic carbocycles. The van der Waals surface area contributed by atoms with E-state index < -0.39 is 0 Å². The van der Waals surface area contributed by atoms with E-state index in [0.717, 1.165) is 13.1 Å². The molecule has 2 rings (SSSR count). The van der Waals surface area contributed by atoms with Crippen LogP contribution < -0.4 is 5.32 Å². The first-order valence-corrected chi connectivity index (χ1v) is 7.24. The Morgan fingerprint density at radius 1 is 1.37 bits per heavy atom. The molecule has 19 heavy (non-hydrogen) atoms. The molecule has 108 valence electrons. The van der Waals surface area contributed by atoms with E-state index in [0.29, 0.717) is 5.54 Å². The highest BCUT2D eigenvalue weighted by Crippen LogP contribution is 2.37. The summed E-state index contributed by atoms with van der Waals surface area (Å²) in [5, 5.41) is 3.54. The summed E-state index contributed by atoms with van der Waals surface area (Å²) in [6.45, 7) is 8.52. The maximum Gasteiger partial charge on any atom is 0.0949 e. The Kier molecular flexibility index (Phi) is 4.02. The molecule has 1 aliphatic carbocycles. The standard InChI is InChI=1S/C15H28N4/c1-14(2,3)17-10-13-9-16-12-19(13)11-15(18(4)5)7-6-8-15/h9,12,17H,6-8,10-11H2,1-5H3. The Morgan fingerprint density at radius 2 is 2.05 bits per heavy atom. The molecule has 0 saturated heterocycles. The Labute approximate surface area is 117 Å². The van der Waals surface area contributed by atoms with Crippen molar-refractivity contribution in [2.45, 2.75) is 64.2 Å². The van der Waals surface area contributed by atoms with Crippen molar-refractivity contribution in [3.8, 4) is 0 Å². The highest BCUT2D eigenvalue weighted by Gasteiger charge is 2.39. The van der Waals surface area contributed by atoms with E-state index in [9.17, 15) is 0 Å². The van der Waals surface area contributed by atoms with E-state index in [1.54, 1.807) is 0 Å². The molecule has 4 nitrogen and oxygen atoms in total. The van der Waals surface area contributed by atoms with Crippen molar-refractivity contribution in [3.05, 3.63) is 18.2 Å². The second kappa shape index (κ2) is 5.25. The van der Waals surface area contributed by atoms with Crippen LogP contribution in [0.5, 0.6) is 0 Å². The third-order valence-corrected chi connectivity index (χ3v) is 4.30. The molecule has 0 aliphatic heterocycles. The van der Waals surface area contributed by atoms with Crippen LogP contribution in [0.3, 0.4) is 0 Å². The first-order chi connectivity index (χ1) is 8.82. The highest BCUT2D eigenvalue weighted by atomic mass is 15.2. The molecule has 1 N–H and O–H groups in total. The third kappa shape index (κ3) is 3.37. The third-order valence-electron chi connectivity index (χ3n) is 4.30. The predicted octanol–water partition coefficient (Wildman–Crippen LogP) is 2.26. The zero-order valence-corrected chi connectivity index (χ0v) is 13.0. The molecule has 4 heteroatoms. The number of rotatable bonds is 5. The van der Waals surface area contributed by atoms with E-state index in [4.69, 9.17) is 0 Å². The highest BCUT2D eigenvalue weighted by molar-refractivity contribution is 5.04. The molecule has 0 amide bonds. The first kappa shape index (κ1) is 14.5. The number of aromatic nitrogens is 2. The maximum atomic E-state index is 4.33. The number of imidazole rings is 1. The summed E-state index contributed by atoms with van der Waals surface area (Å²) in [6, 6.07) is 0. The summed E-state index contributed by atoms with van der Waals surface area (Å²) in [6.07, 6.45) is 7.90. The van der Waals surface area contributed by atoms with Crippen LogP contribution in [-0.2, 0) is 13.1 Å². The fourth-order valence-corrected chi connectivity index (χ4v) is 2.64. The van der Waals surface area contributed by atoms with Crippen molar-refractivity contribution in [2.75, 3.05) is 14.1 Å². The Balaban J connectivity index is 2.03. The molecule has 0 unspecified atom stereocenters. The summed E-state index contributed by atoms with van der Waals surface area (Å²) >= 11 is 0. The maximum absolute atomic E-state index is 4.33. The van der Waals surface area contributed by atoms with Gasteiger partial charge in [-0.1, -0.05) is 0 Å². The molecular weight excluding hydrogens is 236 g/mol. The number of hydrogen-bond acceptors (Lipinski definition) is 3. The molecule has 0 bridgehead atoms. The van der Waals surface area contributed by atoms with Crippen LogP contribution in [0.2, 0.25) is 0 Å². The van der Waals surface area contributed by atoms with E-state index in [1.807, 2.05) is 12.5 Å². The summed E-state index contributed by atoms with van der Waals surface area (Å²) in [7, 11) is 4.40. The van der Waals surface area contributed by atoms with Gasteiger partial charge in [0, 0.05) is 30.4 Å². The topological polar surface area (TPSA) is 33.1 Å². The van der Waals surface area contributed by atoms with Gasteiger partial charge in [0.25, 0.3) is 0 Å². The van der Waals surface area contributed by atoms with Gasteiger partial charge in [-0.05, 0) is 54.1 Å². The summed E-state index contributed by atoms with van der Waals surface area (Å²) in [4.78, 5) is 6.72. The van der Waals surface area contributed by atoms with Gasteiger partial charge in [-0.25, -0.2) is 4.98 Å². The van der Waals surface area contributed by atoms with Gasteiger partial charge in [0.05, 0.1) is 12.0 Å². The number of hydrogen-bond donors (Lipinski definition) is 1. The Bertz CT molecular complexity index is 410. The van der Waals surface area contributed by atoms with E-state index in [2.05, 4.69) is 54.6 Å². The summed E-state index contributed by atoms with van der Waals surface area (Å²) in [5.41, 5.74) is 1.77. The lowest BCUT2D eigenvalue weighted by Crippen LogP contribution is -2.53. The number of likely N-dealkylation sites (N-methyl/N-ethyl adjacent to an activating group) is 1. The lowest BCUT2D eigenvalue weighted by atomic mass is 9.75. The van der Waals surface area contributed by atoms with Gasteiger partial charge in [0.15, 0.2) is 0 Å². The van der Waals surface area contributed by atoms with E-state index >= 15 is 0 Å². The summed E-state index contributed by atoms with van der Waals surface area (Å²) in [5.74, 6) is 0. The van der Waals surface area contributed by atoms with E-state index in [1.165, 1.54) is 25.0 Å². The monoisotopic (exact) mass is 264 g/mol. The lowest BCUT2D eigenvalue weighted by Gasteiger charge is -2.47. The van der Waals surface area contributed by atoms with Gasteiger partial charge >= 0.3 is 0 Å². The molecule has 1 heterocycles. The Morgan fingerprint density at radius 3 is 2.53 bits per heavy atom. The zero-order chi connectivity index (χ0) is 14.1. The summed E-state index contributed by atoms with van der Waals surface area (Å²) < 4.78 is 2.32. The normalized spacial score (nSPS) is 18.6. The minimum atomic E-state index is 0.144. The fourth-order valence-electron chi connectivity index (χ4n) is 2.64. The Hall–Kier alpha value is -0.870. The molecule has 1 fully saturated rings. The second-order valence-corrected chi connectivity index (χ2v) is 7.09. The molecular formula is C15H28N4. The fraction of sp³-hybridized carbons (Fsp3) is 0.800. The van der Waals surface area contributed by atoms with Gasteiger partial charge in [-0.15, -0.1) is 0 Å². The largest absolute Gasteiger partial charge is 0.332 e. The van der Waals surface area contributed by atoms with Crippen LogP contribution in [-0.4, -0.2) is 39.6 Å². The molecule has 0 radical (unpaired) electrons. The average molecular weight is 264 g/mol. The van der Waals surface area contributed by atoms with Crippen LogP contribution in [0.15, 0.2) is 12.5 Å². The number of nitrogens with zero attached hydrogens (tertiary/aromatic N) is 3. The van der Waals surface area contributed by atoms with Gasteiger partial charge < -0.3 is 14.8 Å². The second-order valence-electron chi connectivity index (χ2n) is 7.09. The van der Waals surface area contributed by atoms with Crippen LogP contribution in [0.25, 0.3) is 0 Å². The minimum absolute atomic E-state index is 0.144. The molecule has 1 aromatic heterocycles. The van der Waals surface area contributed by atoms with Crippen LogP contribution in [0.1, 0.15) is 45.7 Å². The molecule has 1 aliphatic rings. The lowest BCUT2D eigenvalue weighted by molar-refractivity contribution is 0.0415. The molecule has 1 saturated carbocycles. The van der Waals surface area contributed by atoms with Crippen molar-refractivity contribution >= 4 is 0 Å². The van der Waals surface area contributed by atoms with Gasteiger partial charge in [-0.2, -0.15) is 0 Å². The van der Waals surface area contributed by atoms with E-state index in [-0.39, 0.29) is 5.54 Å². The van der Waals surface area contributed by atoms with Crippen molar-refractivity contribution in [1.29, 1.82) is 0 Å². The molecule has 0 spiro atoms. The smallest absolute Gasteiger partial charge is 0.0949 e. The predicted molar refractivity (Wildman–Crippen MR) is 79.1 cm³/mol. The SMILES string of the molecule is CN(C)C1(Cn2cncc2CNC(C)(C)C)CCC1. The zero-order valence-electron chi connectivity index (χ0n) is 13.0.